The average molecular weight is 210 g/mol. The molecule has 1 aromatic heterocycles. The lowest BCUT2D eigenvalue weighted by molar-refractivity contribution is 0.100. The molecule has 0 radical (unpaired) electrons. The molecule has 2 rings (SSSR count). The van der Waals surface area contributed by atoms with Gasteiger partial charge in [-0.25, -0.2) is 4.98 Å². The fourth-order valence-corrected chi connectivity index (χ4v) is 2.38. The lowest BCUT2D eigenvalue weighted by Crippen LogP contribution is -2.07. The molecule has 0 saturated heterocycles. The number of aromatic nitrogens is 2. The number of carbonyl (C=O) groups excluding carboxylic acids is 1. The van der Waals surface area contributed by atoms with Gasteiger partial charge < -0.3 is 4.74 Å². The van der Waals surface area contributed by atoms with E-state index in [2.05, 4.69) is 9.97 Å². The Labute approximate surface area is 86.1 Å². The second-order valence-electron chi connectivity index (χ2n) is 3.03. The van der Waals surface area contributed by atoms with E-state index >= 15 is 0 Å². The molecule has 5 heteroatoms. The van der Waals surface area contributed by atoms with Crippen LogP contribution in [-0.4, -0.2) is 22.9 Å². The number of thioether (sulfide) groups is 1. The van der Waals surface area contributed by atoms with Gasteiger partial charge in [0, 0.05) is 24.0 Å². The van der Waals surface area contributed by atoms with Gasteiger partial charge in [-0.2, -0.15) is 16.7 Å². The van der Waals surface area contributed by atoms with Crippen molar-refractivity contribution in [3.05, 3.63) is 17.1 Å². The molecule has 2 heterocycles. The van der Waals surface area contributed by atoms with Crippen LogP contribution in [0.4, 0.5) is 0 Å². The highest BCUT2D eigenvalue weighted by molar-refractivity contribution is 7.98. The lowest BCUT2D eigenvalue weighted by atomic mass is 10.2. The molecule has 0 bridgehead atoms. The summed E-state index contributed by atoms with van der Waals surface area (Å²) < 4.78 is 5.13. The van der Waals surface area contributed by atoms with Crippen LogP contribution in [0.5, 0.6) is 5.88 Å². The van der Waals surface area contributed by atoms with Crippen LogP contribution < -0.4 is 4.74 Å². The van der Waals surface area contributed by atoms with Crippen LogP contribution in [0.25, 0.3) is 0 Å². The van der Waals surface area contributed by atoms with E-state index in [0.29, 0.717) is 5.88 Å². The molecule has 14 heavy (non-hydrogen) atoms. The van der Waals surface area contributed by atoms with Gasteiger partial charge in [-0.1, -0.05) is 0 Å². The molecule has 1 aromatic rings. The third-order valence-electron chi connectivity index (χ3n) is 2.05. The highest BCUT2D eigenvalue weighted by Gasteiger charge is 2.21. The van der Waals surface area contributed by atoms with Crippen molar-refractivity contribution in [2.45, 2.75) is 18.4 Å². The van der Waals surface area contributed by atoms with Crippen molar-refractivity contribution in [3.63, 3.8) is 0 Å². The number of ketones is 1. The number of ether oxygens (including phenoxy) is 1. The number of hydrogen-bond acceptors (Lipinski definition) is 5. The minimum absolute atomic E-state index is 0.122. The average Bonchev–Trinajstić information content (AvgIpc) is 2.63. The van der Waals surface area contributed by atoms with Gasteiger partial charge in [0.2, 0.25) is 5.88 Å². The summed E-state index contributed by atoms with van der Waals surface area (Å²) in [6.07, 6.45) is 0. The van der Waals surface area contributed by atoms with Crippen LogP contribution in [0.15, 0.2) is 0 Å². The number of Topliss-reactive ketones (excluding diaryl/α,β-unsaturated/α-hetero) is 1. The Morgan fingerprint density at radius 2 is 2.21 bits per heavy atom. The van der Waals surface area contributed by atoms with E-state index in [0.717, 1.165) is 22.8 Å². The van der Waals surface area contributed by atoms with Crippen molar-refractivity contribution in [1.82, 2.24) is 9.97 Å². The summed E-state index contributed by atoms with van der Waals surface area (Å²) in [6, 6.07) is 0. The number of hydrogen-bond donors (Lipinski definition) is 0. The van der Waals surface area contributed by atoms with E-state index in [-0.39, 0.29) is 11.6 Å². The van der Waals surface area contributed by atoms with Crippen LogP contribution >= 0.6 is 11.8 Å². The molecular weight excluding hydrogens is 200 g/mol. The highest BCUT2D eigenvalue weighted by atomic mass is 32.2. The monoisotopic (exact) mass is 210 g/mol. The summed E-state index contributed by atoms with van der Waals surface area (Å²) in [4.78, 5) is 19.4. The number of rotatable bonds is 2. The maximum atomic E-state index is 11.1. The number of fused-ring (bicyclic) bond motifs is 1. The summed E-state index contributed by atoms with van der Waals surface area (Å²) in [6.45, 7) is 1.46. The van der Waals surface area contributed by atoms with E-state index in [9.17, 15) is 4.79 Å². The first kappa shape index (κ1) is 9.45. The van der Waals surface area contributed by atoms with Crippen molar-refractivity contribution >= 4 is 17.5 Å². The summed E-state index contributed by atoms with van der Waals surface area (Å²) in [7, 11) is 1.56. The highest BCUT2D eigenvalue weighted by Crippen LogP contribution is 2.33. The van der Waals surface area contributed by atoms with Crippen LogP contribution in [0.2, 0.25) is 0 Å². The Morgan fingerprint density at radius 3 is 2.86 bits per heavy atom. The molecule has 0 fully saturated rings. The second kappa shape index (κ2) is 3.57. The predicted octanol–water partition coefficient (Wildman–Crippen LogP) is 1.43. The molecule has 74 valence electrons. The Hall–Kier alpha value is -1.10. The van der Waals surface area contributed by atoms with Crippen molar-refractivity contribution in [2.24, 2.45) is 0 Å². The molecule has 0 aliphatic carbocycles. The van der Waals surface area contributed by atoms with Gasteiger partial charge in [0.1, 0.15) is 0 Å². The SMILES string of the molecule is COc1nc(C(C)=O)nc2c1CSC2. The Kier molecular flexibility index (Phi) is 2.41. The van der Waals surface area contributed by atoms with Gasteiger partial charge in [0.25, 0.3) is 0 Å². The summed E-state index contributed by atoms with van der Waals surface area (Å²) in [5, 5.41) is 0. The molecule has 0 N–H and O–H groups in total. The van der Waals surface area contributed by atoms with Crippen LogP contribution in [-0.2, 0) is 11.5 Å². The quantitative estimate of drug-likeness (QED) is 0.691. The Bertz CT molecular complexity index is 393. The van der Waals surface area contributed by atoms with E-state index in [1.807, 2.05) is 0 Å². The fourth-order valence-electron chi connectivity index (χ4n) is 1.35. The third-order valence-corrected chi connectivity index (χ3v) is 3.02. The standard InChI is InChI=1S/C9H10N2O2S/c1-5(12)8-10-7-4-14-3-6(7)9(11-8)13-2/h3-4H2,1-2H3. The van der Waals surface area contributed by atoms with Crippen LogP contribution in [0, 0.1) is 0 Å². The van der Waals surface area contributed by atoms with Crippen molar-refractivity contribution in [1.29, 1.82) is 0 Å². The Morgan fingerprint density at radius 1 is 1.43 bits per heavy atom. The minimum atomic E-state index is -0.122. The zero-order valence-electron chi connectivity index (χ0n) is 8.03. The third kappa shape index (κ3) is 1.48. The van der Waals surface area contributed by atoms with Crippen LogP contribution in [0.3, 0.4) is 0 Å². The van der Waals surface area contributed by atoms with Crippen molar-refractivity contribution in [3.8, 4) is 5.88 Å². The van der Waals surface area contributed by atoms with E-state index in [1.165, 1.54) is 6.92 Å². The predicted molar refractivity (Wildman–Crippen MR) is 53.6 cm³/mol. The van der Waals surface area contributed by atoms with Crippen molar-refractivity contribution < 1.29 is 9.53 Å². The Balaban J connectivity index is 2.54. The molecule has 1 aliphatic rings. The van der Waals surface area contributed by atoms with Gasteiger partial charge in [-0.15, -0.1) is 0 Å². The second-order valence-corrected chi connectivity index (χ2v) is 4.02. The van der Waals surface area contributed by atoms with Gasteiger partial charge in [-0.3, -0.25) is 4.79 Å². The van der Waals surface area contributed by atoms with E-state index in [4.69, 9.17) is 4.74 Å². The van der Waals surface area contributed by atoms with Gasteiger partial charge in [0.05, 0.1) is 12.8 Å². The first-order valence-corrected chi connectivity index (χ1v) is 5.40. The zero-order chi connectivity index (χ0) is 10.1. The van der Waals surface area contributed by atoms with Gasteiger partial charge in [-0.05, 0) is 0 Å². The lowest BCUT2D eigenvalue weighted by Gasteiger charge is -2.05. The molecular formula is C9H10N2O2S. The summed E-state index contributed by atoms with van der Waals surface area (Å²) in [5.41, 5.74) is 1.97. The fraction of sp³-hybridized carbons (Fsp3) is 0.444. The normalized spacial score (nSPS) is 13.9. The zero-order valence-corrected chi connectivity index (χ0v) is 8.85. The van der Waals surface area contributed by atoms with E-state index < -0.39 is 0 Å². The number of nitrogens with zero attached hydrogens (tertiary/aromatic N) is 2. The molecule has 0 aromatic carbocycles. The first-order valence-electron chi connectivity index (χ1n) is 4.25. The van der Waals surface area contributed by atoms with Crippen molar-refractivity contribution in [2.75, 3.05) is 7.11 Å². The number of carbonyl (C=O) groups is 1. The first-order chi connectivity index (χ1) is 6.72. The van der Waals surface area contributed by atoms with Gasteiger partial charge >= 0.3 is 0 Å². The van der Waals surface area contributed by atoms with Gasteiger partial charge in [0.15, 0.2) is 11.6 Å². The molecule has 1 aliphatic heterocycles. The molecule has 0 amide bonds. The topological polar surface area (TPSA) is 52.1 Å². The maximum absolute atomic E-state index is 11.1. The summed E-state index contributed by atoms with van der Waals surface area (Å²) >= 11 is 1.76. The minimum Gasteiger partial charge on any atom is -0.481 e. The van der Waals surface area contributed by atoms with E-state index in [1.54, 1.807) is 18.9 Å². The largest absolute Gasteiger partial charge is 0.481 e. The summed E-state index contributed by atoms with van der Waals surface area (Å²) in [5.74, 6) is 2.39. The molecule has 0 atom stereocenters. The smallest absolute Gasteiger partial charge is 0.221 e. The maximum Gasteiger partial charge on any atom is 0.221 e. The molecule has 0 spiro atoms. The number of methoxy groups -OCH3 is 1. The van der Waals surface area contributed by atoms with Crippen LogP contribution in [0.1, 0.15) is 28.8 Å². The molecule has 4 nitrogen and oxygen atoms in total. The molecule has 0 unspecified atom stereocenters. The molecule has 0 saturated carbocycles.